The van der Waals surface area contributed by atoms with Crippen LogP contribution in [-0.4, -0.2) is 66.1 Å². The Balaban J connectivity index is -0.0000000512. The molecule has 5 heteroatoms. The Bertz CT molecular complexity index is 272. The molecule has 350 valence electrons. The number of hydrogen-bond acceptors (Lipinski definition) is 5. The van der Waals surface area contributed by atoms with E-state index in [2.05, 4.69) is 69.2 Å². The van der Waals surface area contributed by atoms with Gasteiger partial charge >= 0.3 is 0 Å². The molecule has 55 heavy (non-hydrogen) atoms. The quantitative estimate of drug-likeness (QED) is 0.0861. The van der Waals surface area contributed by atoms with E-state index in [-0.39, 0.29) is 0 Å². The predicted octanol–water partition coefficient (Wildman–Crippen LogP) is 18.1. The smallest absolute Gasteiger partial charge is 0.0437 e. The second-order valence-corrected chi connectivity index (χ2v) is 12.4. The number of ether oxygens (including phenoxy) is 5. The van der Waals surface area contributed by atoms with Crippen LogP contribution in [0.3, 0.4) is 0 Å². The Kier molecular flexibility index (Phi) is 178. The molecule has 0 rings (SSSR count). The lowest BCUT2D eigenvalue weighted by atomic mass is 10.2. The van der Waals surface area contributed by atoms with Crippen LogP contribution < -0.4 is 0 Å². The second kappa shape index (κ2) is 124. The van der Waals surface area contributed by atoms with Crippen molar-refractivity contribution in [3.05, 3.63) is 0 Å². The zero-order valence-electron chi connectivity index (χ0n) is 43.3. The molecule has 0 saturated heterocycles. The van der Waals surface area contributed by atoms with Gasteiger partial charge in [0, 0.05) is 66.1 Å². The van der Waals surface area contributed by atoms with Gasteiger partial charge in [0.05, 0.1) is 0 Å². The van der Waals surface area contributed by atoms with Gasteiger partial charge in [0.2, 0.25) is 0 Å². The zero-order valence-corrected chi connectivity index (χ0v) is 43.3. The van der Waals surface area contributed by atoms with Crippen LogP contribution in [0.15, 0.2) is 0 Å². The molecule has 0 saturated carbocycles. The highest BCUT2D eigenvalue weighted by atomic mass is 16.5. The van der Waals surface area contributed by atoms with Gasteiger partial charge in [-0.2, -0.15) is 0 Å². The van der Waals surface area contributed by atoms with E-state index in [1.807, 2.05) is 69.2 Å². The van der Waals surface area contributed by atoms with Crippen LogP contribution in [0.4, 0.5) is 0 Å². The predicted molar refractivity (Wildman–Crippen MR) is 260 cm³/mol. The lowest BCUT2D eigenvalue weighted by molar-refractivity contribution is 0.162. The van der Waals surface area contributed by atoms with E-state index in [0.29, 0.717) is 0 Å². The third-order valence-corrected chi connectivity index (χ3v) is 6.83. The topological polar surface area (TPSA) is 46.2 Å². The lowest BCUT2D eigenvalue weighted by Crippen LogP contribution is -1.84. The molecule has 0 spiro atoms. The van der Waals surface area contributed by atoms with E-state index < -0.39 is 0 Å². The van der Waals surface area contributed by atoms with Crippen LogP contribution in [0.1, 0.15) is 267 Å². The molecule has 0 N–H and O–H groups in total. The maximum absolute atomic E-state index is 4.83. The van der Waals surface area contributed by atoms with Gasteiger partial charge in [-0.15, -0.1) is 0 Å². The van der Waals surface area contributed by atoms with Gasteiger partial charge in [-0.05, 0) is 69.2 Å². The molecule has 0 aliphatic carbocycles. The highest BCUT2D eigenvalue weighted by molar-refractivity contribution is 4.33. The fraction of sp³-hybridized carbons (Fsp3) is 1.00. The van der Waals surface area contributed by atoms with E-state index in [4.69, 9.17) is 23.7 Å². The summed E-state index contributed by atoms with van der Waals surface area (Å²) in [5, 5.41) is 0. The third-order valence-electron chi connectivity index (χ3n) is 6.83. The first-order valence-corrected chi connectivity index (χ1v) is 24.5. The van der Waals surface area contributed by atoms with E-state index in [0.717, 1.165) is 66.1 Å². The Morgan fingerprint density at radius 2 is 0.218 bits per heavy atom. The largest absolute Gasteiger partial charge is 0.382 e. The van der Waals surface area contributed by atoms with Gasteiger partial charge in [-0.25, -0.2) is 0 Å². The van der Waals surface area contributed by atoms with Crippen LogP contribution >= 0.6 is 0 Å². The summed E-state index contributed by atoms with van der Waals surface area (Å²) < 4.78 is 24.2. The summed E-state index contributed by atoms with van der Waals surface area (Å²) in [6.07, 6.45) is 27.7. The third kappa shape index (κ3) is 235. The Labute approximate surface area is 355 Å². The summed E-state index contributed by atoms with van der Waals surface area (Å²) in [7, 11) is 0. The minimum atomic E-state index is 0.844. The molecule has 0 aliphatic rings. The maximum atomic E-state index is 4.83. The van der Waals surface area contributed by atoms with E-state index in [1.165, 1.54) is 128 Å². The van der Waals surface area contributed by atoms with Crippen molar-refractivity contribution in [3.63, 3.8) is 0 Å². The van der Waals surface area contributed by atoms with Crippen molar-refractivity contribution in [1.82, 2.24) is 0 Å². The molecular formula is C50H120O5. The van der Waals surface area contributed by atoms with Gasteiger partial charge in [0.1, 0.15) is 0 Å². The molecule has 0 heterocycles. The number of hydrogen-bond donors (Lipinski definition) is 0. The monoisotopic (exact) mass is 801 g/mol. The first-order valence-electron chi connectivity index (χ1n) is 24.5. The molecule has 0 fully saturated rings. The van der Waals surface area contributed by atoms with Gasteiger partial charge in [0.15, 0.2) is 0 Å². The van der Waals surface area contributed by atoms with Gasteiger partial charge in [-0.1, -0.05) is 198 Å². The first-order chi connectivity index (χ1) is 26.6. The van der Waals surface area contributed by atoms with Crippen LogP contribution in [0.25, 0.3) is 0 Å². The molecule has 0 aliphatic heterocycles. The average molecular weight is 802 g/mol. The minimum Gasteiger partial charge on any atom is -0.382 e. The molecule has 0 aromatic carbocycles. The molecule has 0 amide bonds. The molecule has 0 atom stereocenters. The van der Waals surface area contributed by atoms with Crippen molar-refractivity contribution in [1.29, 1.82) is 0 Å². The number of rotatable bonds is 25. The summed E-state index contributed by atoms with van der Waals surface area (Å²) in [4.78, 5) is 0. The second-order valence-electron chi connectivity index (χ2n) is 12.4. The standard InChI is InChI=1S/5C6H14.5C4H10O/c5*1-3-5-6-4-2;5*1-3-5-4-2/h5*3-6H2,1-2H3;5*3-4H2,1-2H3. The Hall–Kier alpha value is -0.200. The Morgan fingerprint density at radius 1 is 0.145 bits per heavy atom. The van der Waals surface area contributed by atoms with Gasteiger partial charge in [0.25, 0.3) is 0 Å². The molecule has 0 aromatic rings. The van der Waals surface area contributed by atoms with Crippen LogP contribution in [0.2, 0.25) is 0 Å². The van der Waals surface area contributed by atoms with E-state index >= 15 is 0 Å². The van der Waals surface area contributed by atoms with Crippen molar-refractivity contribution in [3.8, 4) is 0 Å². The average Bonchev–Trinajstić information content (AvgIpc) is 3.20. The van der Waals surface area contributed by atoms with Crippen LogP contribution in [-0.2, 0) is 23.7 Å². The SMILES string of the molecule is CCCCCC.CCCCCC.CCCCCC.CCCCCC.CCCCCC.CCOCC.CCOCC.CCOCC.CCOCC.CCOCC. The van der Waals surface area contributed by atoms with Crippen molar-refractivity contribution in [2.75, 3.05) is 66.1 Å². The summed E-state index contributed by atoms with van der Waals surface area (Å²) in [5.74, 6) is 0. The Morgan fingerprint density at radius 3 is 0.236 bits per heavy atom. The van der Waals surface area contributed by atoms with Crippen molar-refractivity contribution < 1.29 is 23.7 Å². The van der Waals surface area contributed by atoms with Crippen LogP contribution in [0, 0.1) is 0 Å². The fourth-order valence-corrected chi connectivity index (χ4v) is 3.52. The zero-order chi connectivity index (χ0) is 44.7. The first kappa shape index (κ1) is 79.0. The highest BCUT2D eigenvalue weighted by Gasteiger charge is 1.78. The summed E-state index contributed by atoms with van der Waals surface area (Å²) in [6, 6.07) is 0. The summed E-state index contributed by atoms with van der Waals surface area (Å²) in [6.45, 7) is 50.7. The van der Waals surface area contributed by atoms with E-state index in [1.54, 1.807) is 0 Å². The number of unbranched alkanes of at least 4 members (excludes halogenated alkanes) is 15. The molecular weight excluding hydrogens is 681 g/mol. The normalized spacial score (nSPS) is 8.73. The molecule has 0 radical (unpaired) electrons. The lowest BCUT2D eigenvalue weighted by Gasteiger charge is -1.86. The molecule has 0 bridgehead atoms. The van der Waals surface area contributed by atoms with Gasteiger partial charge < -0.3 is 23.7 Å². The summed E-state index contributed by atoms with van der Waals surface area (Å²) in [5.41, 5.74) is 0. The van der Waals surface area contributed by atoms with Crippen molar-refractivity contribution in [2.45, 2.75) is 267 Å². The summed E-state index contributed by atoms with van der Waals surface area (Å²) >= 11 is 0. The molecule has 0 unspecified atom stereocenters. The van der Waals surface area contributed by atoms with Crippen LogP contribution in [0.5, 0.6) is 0 Å². The minimum absolute atomic E-state index is 0.844. The maximum Gasteiger partial charge on any atom is 0.0437 e. The van der Waals surface area contributed by atoms with Crippen molar-refractivity contribution in [2.24, 2.45) is 0 Å². The van der Waals surface area contributed by atoms with Gasteiger partial charge in [-0.3, -0.25) is 0 Å². The highest BCUT2D eigenvalue weighted by Crippen LogP contribution is 1.97. The molecule has 5 nitrogen and oxygen atoms in total. The van der Waals surface area contributed by atoms with E-state index in [9.17, 15) is 0 Å². The van der Waals surface area contributed by atoms with Crippen molar-refractivity contribution >= 4 is 0 Å². The fourth-order valence-electron chi connectivity index (χ4n) is 3.52. The molecule has 0 aromatic heterocycles.